The molecule has 0 aliphatic heterocycles. The summed E-state index contributed by atoms with van der Waals surface area (Å²) in [7, 11) is 0. The first-order valence-electron chi connectivity index (χ1n) is 4.98. The third-order valence-electron chi connectivity index (χ3n) is 2.17. The van der Waals surface area contributed by atoms with Gasteiger partial charge in [-0.2, -0.15) is 0 Å². The molecular weight excluding hydrogens is 225 g/mol. The van der Waals surface area contributed by atoms with Gasteiger partial charge in [0.1, 0.15) is 12.1 Å². The summed E-state index contributed by atoms with van der Waals surface area (Å²) in [5.74, 6) is -1.14. The van der Waals surface area contributed by atoms with E-state index in [0.717, 1.165) is 5.56 Å². The van der Waals surface area contributed by atoms with Crippen molar-refractivity contribution in [3.63, 3.8) is 0 Å². The Bertz CT molecular complexity index is 542. The fourth-order valence-corrected chi connectivity index (χ4v) is 1.54. The standard InChI is InChI=1S/C12H10FNO3/c1-7-2-8(4-9(13)3-7)12-14-10(6-17-12)5-11(15)16/h2-4,6H,5H2,1H3,(H,15,16). The molecule has 0 aliphatic carbocycles. The van der Waals surface area contributed by atoms with Gasteiger partial charge in [0.2, 0.25) is 5.89 Å². The van der Waals surface area contributed by atoms with Crippen LogP contribution in [-0.4, -0.2) is 16.1 Å². The number of carbonyl (C=O) groups is 1. The fraction of sp³-hybridized carbons (Fsp3) is 0.167. The predicted molar refractivity (Wildman–Crippen MR) is 58.0 cm³/mol. The number of rotatable bonds is 3. The van der Waals surface area contributed by atoms with Crippen molar-refractivity contribution < 1.29 is 18.7 Å². The number of benzene rings is 1. The predicted octanol–water partition coefficient (Wildman–Crippen LogP) is 2.42. The second-order valence-corrected chi connectivity index (χ2v) is 3.73. The quantitative estimate of drug-likeness (QED) is 0.887. The first-order valence-corrected chi connectivity index (χ1v) is 4.98. The molecule has 1 N–H and O–H groups in total. The fourth-order valence-electron chi connectivity index (χ4n) is 1.54. The maximum Gasteiger partial charge on any atom is 0.309 e. The van der Waals surface area contributed by atoms with Crippen molar-refractivity contribution >= 4 is 5.97 Å². The van der Waals surface area contributed by atoms with E-state index in [9.17, 15) is 9.18 Å². The van der Waals surface area contributed by atoms with E-state index in [1.807, 2.05) is 0 Å². The van der Waals surface area contributed by atoms with Crippen LogP contribution in [0.1, 0.15) is 11.3 Å². The van der Waals surface area contributed by atoms with Crippen molar-refractivity contribution in [2.24, 2.45) is 0 Å². The zero-order valence-corrected chi connectivity index (χ0v) is 9.11. The molecule has 2 aromatic rings. The molecule has 0 spiro atoms. The van der Waals surface area contributed by atoms with Gasteiger partial charge in [-0.05, 0) is 30.7 Å². The summed E-state index contributed by atoms with van der Waals surface area (Å²) >= 11 is 0. The summed E-state index contributed by atoms with van der Waals surface area (Å²) in [5, 5.41) is 8.59. The highest BCUT2D eigenvalue weighted by molar-refractivity contribution is 5.69. The van der Waals surface area contributed by atoms with E-state index in [1.165, 1.54) is 18.4 Å². The van der Waals surface area contributed by atoms with Crippen LogP contribution in [0.4, 0.5) is 4.39 Å². The Labute approximate surface area is 96.7 Å². The molecule has 0 bridgehead atoms. The molecule has 0 atom stereocenters. The molecule has 88 valence electrons. The number of carboxylic acids is 1. The monoisotopic (exact) mass is 235 g/mol. The molecule has 4 nitrogen and oxygen atoms in total. The first-order chi connectivity index (χ1) is 8.04. The summed E-state index contributed by atoms with van der Waals surface area (Å²) in [6.07, 6.45) is 1.06. The average molecular weight is 235 g/mol. The molecule has 0 saturated carbocycles. The molecule has 1 heterocycles. The molecule has 1 aromatic heterocycles. The van der Waals surface area contributed by atoms with Gasteiger partial charge in [0.15, 0.2) is 0 Å². The van der Waals surface area contributed by atoms with Crippen LogP contribution in [0.5, 0.6) is 0 Å². The number of aliphatic carboxylic acids is 1. The summed E-state index contributed by atoms with van der Waals surface area (Å²) in [6.45, 7) is 1.76. The van der Waals surface area contributed by atoms with Crippen molar-refractivity contribution in [2.75, 3.05) is 0 Å². The van der Waals surface area contributed by atoms with Gasteiger partial charge >= 0.3 is 5.97 Å². The van der Waals surface area contributed by atoms with E-state index < -0.39 is 5.97 Å². The van der Waals surface area contributed by atoms with Crippen LogP contribution in [0.25, 0.3) is 11.5 Å². The van der Waals surface area contributed by atoms with E-state index in [0.29, 0.717) is 11.3 Å². The third kappa shape index (κ3) is 2.69. The van der Waals surface area contributed by atoms with Crippen LogP contribution in [0.3, 0.4) is 0 Å². The van der Waals surface area contributed by atoms with Gasteiger partial charge in [-0.3, -0.25) is 4.79 Å². The number of aryl methyl sites for hydroxylation is 1. The highest BCUT2D eigenvalue weighted by Crippen LogP contribution is 2.21. The lowest BCUT2D eigenvalue weighted by atomic mass is 10.1. The summed E-state index contributed by atoms with van der Waals surface area (Å²) < 4.78 is 18.3. The molecule has 5 heteroatoms. The van der Waals surface area contributed by atoms with Crippen LogP contribution < -0.4 is 0 Å². The van der Waals surface area contributed by atoms with Gasteiger partial charge in [0, 0.05) is 5.56 Å². The lowest BCUT2D eigenvalue weighted by Gasteiger charge is -1.98. The number of hydrogen-bond donors (Lipinski definition) is 1. The van der Waals surface area contributed by atoms with Crippen LogP contribution in [0, 0.1) is 12.7 Å². The van der Waals surface area contributed by atoms with Gasteiger partial charge in [-0.25, -0.2) is 9.37 Å². The van der Waals surface area contributed by atoms with Crippen molar-refractivity contribution in [2.45, 2.75) is 13.3 Å². The van der Waals surface area contributed by atoms with E-state index in [4.69, 9.17) is 9.52 Å². The lowest BCUT2D eigenvalue weighted by molar-refractivity contribution is -0.136. The van der Waals surface area contributed by atoms with Gasteiger partial charge in [0.05, 0.1) is 12.1 Å². The molecule has 1 aromatic carbocycles. The maximum absolute atomic E-state index is 13.2. The normalized spacial score (nSPS) is 10.5. The zero-order valence-electron chi connectivity index (χ0n) is 9.11. The van der Waals surface area contributed by atoms with Crippen molar-refractivity contribution in [1.29, 1.82) is 0 Å². The molecule has 0 saturated heterocycles. The molecule has 17 heavy (non-hydrogen) atoms. The zero-order chi connectivity index (χ0) is 12.4. The van der Waals surface area contributed by atoms with Crippen LogP contribution in [0.2, 0.25) is 0 Å². The van der Waals surface area contributed by atoms with Gasteiger partial charge in [-0.15, -0.1) is 0 Å². The summed E-state index contributed by atoms with van der Waals surface area (Å²) in [5.41, 5.74) is 1.56. The minimum Gasteiger partial charge on any atom is -0.481 e. The van der Waals surface area contributed by atoms with Crippen molar-refractivity contribution in [1.82, 2.24) is 4.98 Å². The number of hydrogen-bond acceptors (Lipinski definition) is 3. The number of aromatic nitrogens is 1. The molecule has 0 radical (unpaired) electrons. The molecular formula is C12H10FNO3. The Kier molecular flexibility index (Phi) is 2.91. The van der Waals surface area contributed by atoms with Gasteiger partial charge in [-0.1, -0.05) is 0 Å². The molecule has 2 rings (SSSR count). The van der Waals surface area contributed by atoms with Crippen LogP contribution in [-0.2, 0) is 11.2 Å². The van der Waals surface area contributed by atoms with E-state index in [1.54, 1.807) is 13.0 Å². The Morgan fingerprint density at radius 1 is 1.47 bits per heavy atom. The van der Waals surface area contributed by atoms with Crippen molar-refractivity contribution in [3.05, 3.63) is 41.5 Å². The first kappa shape index (κ1) is 11.3. The minimum absolute atomic E-state index is 0.211. The SMILES string of the molecule is Cc1cc(F)cc(-c2nc(CC(=O)O)co2)c1. The Balaban J connectivity index is 2.33. The number of halogens is 1. The van der Waals surface area contributed by atoms with Gasteiger partial charge < -0.3 is 9.52 Å². The second-order valence-electron chi connectivity index (χ2n) is 3.73. The Morgan fingerprint density at radius 2 is 2.24 bits per heavy atom. The minimum atomic E-state index is -0.986. The van der Waals surface area contributed by atoms with E-state index in [2.05, 4.69) is 4.98 Å². The third-order valence-corrected chi connectivity index (χ3v) is 2.17. The summed E-state index contributed by atoms with van der Waals surface area (Å²) in [6, 6.07) is 4.41. The largest absolute Gasteiger partial charge is 0.481 e. The van der Waals surface area contributed by atoms with Gasteiger partial charge in [0.25, 0.3) is 0 Å². The number of oxazole rings is 1. The molecule has 0 aliphatic rings. The number of nitrogens with zero attached hydrogens (tertiary/aromatic N) is 1. The molecule has 0 fully saturated rings. The maximum atomic E-state index is 13.2. The average Bonchev–Trinajstić information content (AvgIpc) is 2.63. The van der Waals surface area contributed by atoms with Crippen molar-refractivity contribution in [3.8, 4) is 11.5 Å². The summed E-state index contributed by atoms with van der Waals surface area (Å²) in [4.78, 5) is 14.5. The topological polar surface area (TPSA) is 63.3 Å². The Morgan fingerprint density at radius 3 is 2.88 bits per heavy atom. The lowest BCUT2D eigenvalue weighted by Crippen LogP contribution is -1.99. The number of carboxylic acid groups (broad SMARTS) is 1. The highest BCUT2D eigenvalue weighted by atomic mass is 19.1. The van der Waals surface area contributed by atoms with Crippen LogP contribution in [0.15, 0.2) is 28.9 Å². The van der Waals surface area contributed by atoms with E-state index >= 15 is 0 Å². The highest BCUT2D eigenvalue weighted by Gasteiger charge is 2.10. The van der Waals surface area contributed by atoms with Crippen LogP contribution >= 0.6 is 0 Å². The molecule has 0 amide bonds. The smallest absolute Gasteiger partial charge is 0.309 e. The van der Waals surface area contributed by atoms with E-state index in [-0.39, 0.29) is 18.1 Å². The second kappa shape index (κ2) is 4.37. The molecule has 0 unspecified atom stereocenters. The Hall–Kier alpha value is -2.17.